The van der Waals surface area contributed by atoms with Crippen molar-refractivity contribution in [2.45, 2.75) is 58.7 Å². The number of amides is 1. The van der Waals surface area contributed by atoms with Crippen LogP contribution in [-0.4, -0.2) is 30.0 Å². The normalized spacial score (nSPS) is 18.3. The second kappa shape index (κ2) is 11.1. The molecule has 1 amide bonds. The largest absolute Gasteiger partial charge is 0.465 e. The van der Waals surface area contributed by atoms with E-state index in [1.54, 1.807) is 27.5 Å². The van der Waals surface area contributed by atoms with E-state index in [0.717, 1.165) is 31.7 Å². The fourth-order valence-corrected chi connectivity index (χ4v) is 4.69. The number of benzene rings is 1. The number of alkyl halides is 3. The first-order chi connectivity index (χ1) is 16.4. The van der Waals surface area contributed by atoms with Crippen LogP contribution in [0.5, 0.6) is 11.6 Å². The highest BCUT2D eigenvalue weighted by Gasteiger charge is 2.36. The highest BCUT2D eigenvalue weighted by Crippen LogP contribution is 2.39. The number of pyridine rings is 1. The van der Waals surface area contributed by atoms with Gasteiger partial charge in [-0.1, -0.05) is 6.92 Å². The van der Waals surface area contributed by atoms with Crippen molar-refractivity contribution in [3.8, 4) is 11.6 Å². The minimum absolute atomic E-state index is 0.0234. The van der Waals surface area contributed by atoms with Gasteiger partial charge < -0.3 is 14.4 Å². The number of aromatic nitrogens is 1. The molecule has 0 aliphatic heterocycles. The molecule has 6 nitrogen and oxygen atoms in total. The Bertz CT molecular complexity index is 1080. The van der Waals surface area contributed by atoms with Gasteiger partial charge in [-0.25, -0.2) is 9.78 Å². The van der Waals surface area contributed by atoms with Crippen LogP contribution in [0.3, 0.4) is 0 Å². The number of carbonyl (C=O) groups is 2. The monoisotopic (exact) mass is 604 g/mol. The van der Waals surface area contributed by atoms with Crippen molar-refractivity contribution >= 4 is 40.2 Å². The Labute approximate surface area is 216 Å². The summed E-state index contributed by atoms with van der Waals surface area (Å²) < 4.78 is 51.2. The van der Waals surface area contributed by atoms with Gasteiger partial charge in [-0.3, -0.25) is 4.79 Å². The predicted molar refractivity (Wildman–Crippen MR) is 134 cm³/mol. The van der Waals surface area contributed by atoms with E-state index in [1.165, 1.54) is 31.5 Å². The van der Waals surface area contributed by atoms with Crippen molar-refractivity contribution in [1.82, 2.24) is 4.98 Å². The maximum absolute atomic E-state index is 13.5. The van der Waals surface area contributed by atoms with E-state index in [4.69, 9.17) is 9.47 Å². The topological polar surface area (TPSA) is 68.7 Å². The van der Waals surface area contributed by atoms with Gasteiger partial charge in [-0.2, -0.15) is 13.2 Å². The molecule has 1 aromatic carbocycles. The highest BCUT2D eigenvalue weighted by molar-refractivity contribution is 14.1. The van der Waals surface area contributed by atoms with Crippen LogP contribution in [0.2, 0.25) is 0 Å². The lowest BCUT2D eigenvalue weighted by atomic mass is 9.82. The van der Waals surface area contributed by atoms with Gasteiger partial charge in [0.05, 0.1) is 18.4 Å². The molecule has 0 spiro atoms. The summed E-state index contributed by atoms with van der Waals surface area (Å²) in [4.78, 5) is 31.5. The Morgan fingerprint density at radius 2 is 1.80 bits per heavy atom. The summed E-state index contributed by atoms with van der Waals surface area (Å²) in [6.45, 7) is 5.86. The maximum Gasteiger partial charge on any atom is 0.421 e. The Hall–Kier alpha value is -2.37. The molecule has 0 bridgehead atoms. The van der Waals surface area contributed by atoms with E-state index in [1.807, 2.05) is 13.8 Å². The van der Waals surface area contributed by atoms with Crippen LogP contribution in [0.4, 0.5) is 18.9 Å². The zero-order valence-corrected chi connectivity index (χ0v) is 22.1. The molecule has 2 aromatic rings. The van der Waals surface area contributed by atoms with Gasteiger partial charge in [0.1, 0.15) is 11.3 Å². The summed E-state index contributed by atoms with van der Waals surface area (Å²) in [5.74, 6) is -1.05. The fourth-order valence-electron chi connectivity index (χ4n) is 4.24. The lowest BCUT2D eigenvalue weighted by Gasteiger charge is -2.34. The minimum Gasteiger partial charge on any atom is -0.465 e. The molecule has 0 unspecified atom stereocenters. The highest BCUT2D eigenvalue weighted by atomic mass is 127. The van der Waals surface area contributed by atoms with Crippen LogP contribution in [-0.2, 0) is 15.7 Å². The molecule has 3 rings (SSSR count). The lowest BCUT2D eigenvalue weighted by molar-refractivity contribution is -0.139. The van der Waals surface area contributed by atoms with E-state index in [9.17, 15) is 22.8 Å². The second-order valence-corrected chi connectivity index (χ2v) is 10.3. The van der Waals surface area contributed by atoms with Gasteiger partial charge in [0.15, 0.2) is 0 Å². The summed E-state index contributed by atoms with van der Waals surface area (Å²) in [5, 5.41) is 0. The zero-order chi connectivity index (χ0) is 25.9. The number of anilines is 1. The number of esters is 1. The minimum atomic E-state index is -4.67. The average Bonchev–Trinajstić information content (AvgIpc) is 2.80. The third-order valence-corrected chi connectivity index (χ3v) is 6.68. The molecule has 35 heavy (non-hydrogen) atoms. The number of ether oxygens (including phenoxy) is 2. The summed E-state index contributed by atoms with van der Waals surface area (Å²) in [7, 11) is 1.20. The number of carbonyl (C=O) groups excluding carboxylic acids is 2. The molecule has 0 atom stereocenters. The number of hydrogen-bond acceptors (Lipinski definition) is 5. The molecule has 0 saturated heterocycles. The molecule has 190 valence electrons. The van der Waals surface area contributed by atoms with Crippen molar-refractivity contribution < 1.29 is 32.2 Å². The molecule has 1 heterocycles. The van der Waals surface area contributed by atoms with Crippen molar-refractivity contribution in [3.05, 3.63) is 45.2 Å². The summed E-state index contributed by atoms with van der Waals surface area (Å²) in [6, 6.07) is 4.89. The Morgan fingerprint density at radius 3 is 2.37 bits per heavy atom. The number of methoxy groups -OCH3 is 1. The first-order valence-corrected chi connectivity index (χ1v) is 12.5. The quantitative estimate of drug-likeness (QED) is 0.267. The number of halogens is 4. The third kappa shape index (κ3) is 6.45. The smallest absolute Gasteiger partial charge is 0.421 e. The van der Waals surface area contributed by atoms with Crippen LogP contribution in [0.25, 0.3) is 0 Å². The van der Waals surface area contributed by atoms with Gasteiger partial charge >= 0.3 is 12.1 Å². The van der Waals surface area contributed by atoms with Crippen molar-refractivity contribution in [3.63, 3.8) is 0 Å². The summed E-state index contributed by atoms with van der Waals surface area (Å²) in [5.41, 5.74) is -0.677. The van der Waals surface area contributed by atoms with Gasteiger partial charge in [0.25, 0.3) is 0 Å². The molecule has 10 heteroatoms. The summed E-state index contributed by atoms with van der Waals surface area (Å²) in [6.07, 6.45) is 0.0539. The molecule has 0 N–H and O–H groups in total. The van der Waals surface area contributed by atoms with Crippen LogP contribution in [0.1, 0.15) is 62.4 Å². The van der Waals surface area contributed by atoms with E-state index in [-0.39, 0.29) is 29.2 Å². The third-order valence-electron chi connectivity index (χ3n) is 6.09. The van der Waals surface area contributed by atoms with Crippen LogP contribution in [0, 0.1) is 15.4 Å². The SMILES string of the molecule is COC(=O)c1cc(Oc2ncc(I)cc2C(F)(F)F)ccc1N(C(=O)C1CCC(C)CC1)C(C)C. The molecule has 1 fully saturated rings. The standard InChI is InChI=1S/C25H28F3IN2O4/c1-14(2)31(23(32)16-7-5-15(3)6-8-16)21-10-9-18(12-19(21)24(33)34-4)35-22-20(25(26,27)28)11-17(29)13-30-22/h9-16H,5-8H2,1-4H3. The van der Waals surface area contributed by atoms with Crippen LogP contribution < -0.4 is 9.64 Å². The first kappa shape index (κ1) is 27.2. The average molecular weight is 604 g/mol. The molecule has 1 aliphatic carbocycles. The Morgan fingerprint density at radius 1 is 1.14 bits per heavy atom. The predicted octanol–water partition coefficient (Wildman–Crippen LogP) is 6.85. The number of hydrogen-bond donors (Lipinski definition) is 0. The molecular weight excluding hydrogens is 576 g/mol. The van der Waals surface area contributed by atoms with E-state index in [0.29, 0.717) is 15.2 Å². The van der Waals surface area contributed by atoms with Crippen molar-refractivity contribution in [1.29, 1.82) is 0 Å². The molecule has 0 radical (unpaired) electrons. The fraction of sp³-hybridized carbons (Fsp3) is 0.480. The molecule has 1 saturated carbocycles. The van der Waals surface area contributed by atoms with Crippen molar-refractivity contribution in [2.24, 2.45) is 11.8 Å². The Kier molecular flexibility index (Phi) is 8.66. The van der Waals surface area contributed by atoms with E-state index >= 15 is 0 Å². The molecular formula is C25H28F3IN2O4. The second-order valence-electron chi connectivity index (χ2n) is 9.04. The van der Waals surface area contributed by atoms with Gasteiger partial charge in [-0.05, 0) is 92.3 Å². The van der Waals surface area contributed by atoms with Gasteiger partial charge in [0, 0.05) is 21.7 Å². The van der Waals surface area contributed by atoms with Gasteiger partial charge in [-0.15, -0.1) is 0 Å². The first-order valence-electron chi connectivity index (χ1n) is 11.4. The summed E-state index contributed by atoms with van der Waals surface area (Å²) >= 11 is 1.74. The van der Waals surface area contributed by atoms with Crippen molar-refractivity contribution in [2.75, 3.05) is 12.0 Å². The van der Waals surface area contributed by atoms with E-state index < -0.39 is 23.6 Å². The maximum atomic E-state index is 13.5. The zero-order valence-electron chi connectivity index (χ0n) is 20.0. The van der Waals surface area contributed by atoms with Crippen LogP contribution >= 0.6 is 22.6 Å². The number of rotatable bonds is 6. The number of nitrogens with zero attached hydrogens (tertiary/aromatic N) is 2. The lowest BCUT2D eigenvalue weighted by Crippen LogP contribution is -2.43. The van der Waals surface area contributed by atoms with Gasteiger partial charge in [0.2, 0.25) is 11.8 Å². The van der Waals surface area contributed by atoms with Crippen LogP contribution in [0.15, 0.2) is 30.5 Å². The van der Waals surface area contributed by atoms with E-state index in [2.05, 4.69) is 11.9 Å². The molecule has 1 aliphatic rings. The Balaban J connectivity index is 2.00. The molecule has 1 aromatic heterocycles.